The van der Waals surface area contributed by atoms with Gasteiger partial charge in [-0.3, -0.25) is 4.79 Å². The first-order valence-corrected chi connectivity index (χ1v) is 10.8. The van der Waals surface area contributed by atoms with E-state index in [1.54, 1.807) is 5.38 Å². The Morgan fingerprint density at radius 1 is 1.19 bits per heavy atom. The highest BCUT2D eigenvalue weighted by molar-refractivity contribution is 7.14. The molecule has 0 radical (unpaired) electrons. The minimum atomic E-state index is -4.73. The normalized spacial score (nSPS) is 11.5. The number of amides is 1. The van der Waals surface area contributed by atoms with E-state index in [9.17, 15) is 22.8 Å². The van der Waals surface area contributed by atoms with Crippen LogP contribution in [-0.2, 0) is 27.0 Å². The van der Waals surface area contributed by atoms with Crippen LogP contribution >= 0.6 is 11.3 Å². The minimum absolute atomic E-state index is 0.0574. The maximum absolute atomic E-state index is 13.7. The number of hydrogen-bond donors (Lipinski definition) is 0. The third kappa shape index (κ3) is 6.67. The molecule has 0 bridgehead atoms. The van der Waals surface area contributed by atoms with Gasteiger partial charge >= 0.3 is 18.1 Å². The number of esters is 1. The zero-order chi connectivity index (χ0) is 23.9. The van der Waals surface area contributed by atoms with Crippen molar-refractivity contribution < 1.29 is 32.2 Å². The number of hydrogen-bond acceptors (Lipinski definition) is 7. The molecule has 0 saturated carbocycles. The molecule has 2 rings (SSSR count). The molecular formula is C21H26F3N3O4S. The topological polar surface area (TPSA) is 72.0 Å². The first-order chi connectivity index (χ1) is 15.1. The number of thiazole rings is 1. The van der Waals surface area contributed by atoms with Crippen LogP contribution < -0.4 is 9.64 Å². The van der Waals surface area contributed by atoms with Gasteiger partial charge in [0.15, 0.2) is 5.13 Å². The van der Waals surface area contributed by atoms with Crippen molar-refractivity contribution >= 4 is 34.0 Å². The van der Waals surface area contributed by atoms with Gasteiger partial charge in [-0.1, -0.05) is 19.8 Å². The van der Waals surface area contributed by atoms with Gasteiger partial charge in [-0.05, 0) is 38.7 Å². The van der Waals surface area contributed by atoms with E-state index < -0.39 is 23.6 Å². The number of aromatic nitrogens is 1. The zero-order valence-corrected chi connectivity index (χ0v) is 19.2. The van der Waals surface area contributed by atoms with Crippen LogP contribution in [0, 0.1) is 0 Å². The molecule has 0 spiro atoms. The second-order valence-corrected chi connectivity index (χ2v) is 8.06. The van der Waals surface area contributed by atoms with Gasteiger partial charge in [0.1, 0.15) is 5.75 Å². The summed E-state index contributed by atoms with van der Waals surface area (Å²) in [4.78, 5) is 31.6. The lowest BCUT2D eigenvalue weighted by atomic mass is 10.1. The highest BCUT2D eigenvalue weighted by Gasteiger charge is 2.37. The van der Waals surface area contributed by atoms with Gasteiger partial charge in [0.05, 0.1) is 30.7 Å². The van der Waals surface area contributed by atoms with Crippen molar-refractivity contribution in [1.82, 2.24) is 9.88 Å². The van der Waals surface area contributed by atoms with Crippen LogP contribution in [0.3, 0.4) is 0 Å². The Kier molecular flexibility index (Phi) is 9.02. The summed E-state index contributed by atoms with van der Waals surface area (Å²) in [6.07, 6.45) is -2.37. The summed E-state index contributed by atoms with van der Waals surface area (Å²) in [5, 5.41) is 1.73. The molecule has 0 atom stereocenters. The Morgan fingerprint density at radius 2 is 1.91 bits per heavy atom. The molecule has 32 heavy (non-hydrogen) atoms. The molecule has 11 heteroatoms. The van der Waals surface area contributed by atoms with Gasteiger partial charge in [-0.2, -0.15) is 13.2 Å². The maximum Gasteiger partial charge on any atom is 0.420 e. The van der Waals surface area contributed by atoms with Crippen LogP contribution in [0.25, 0.3) is 0 Å². The molecule has 1 amide bonds. The number of anilines is 2. The number of carbonyl (C=O) groups excluding carboxylic acids is 2. The Labute approximate surface area is 188 Å². The van der Waals surface area contributed by atoms with Crippen LogP contribution in [0.1, 0.15) is 37.4 Å². The quantitative estimate of drug-likeness (QED) is 0.300. The lowest BCUT2D eigenvalue weighted by Gasteiger charge is -2.21. The molecule has 0 fully saturated rings. The summed E-state index contributed by atoms with van der Waals surface area (Å²) >= 11 is 1.03. The van der Waals surface area contributed by atoms with E-state index in [0.717, 1.165) is 48.3 Å². The predicted octanol–water partition coefficient (Wildman–Crippen LogP) is 4.63. The second-order valence-electron chi connectivity index (χ2n) is 7.23. The van der Waals surface area contributed by atoms with Crippen molar-refractivity contribution in [3.8, 4) is 5.75 Å². The van der Waals surface area contributed by atoms with Crippen molar-refractivity contribution in [1.29, 1.82) is 0 Å². The van der Waals surface area contributed by atoms with Gasteiger partial charge in [-0.15, -0.1) is 11.3 Å². The van der Waals surface area contributed by atoms with Gasteiger partial charge in [0.25, 0.3) is 0 Å². The van der Waals surface area contributed by atoms with Crippen LogP contribution in [0.15, 0.2) is 23.6 Å². The number of benzene rings is 1. The molecule has 1 aromatic carbocycles. The van der Waals surface area contributed by atoms with E-state index in [0.29, 0.717) is 18.7 Å². The predicted molar refractivity (Wildman–Crippen MR) is 115 cm³/mol. The van der Waals surface area contributed by atoms with E-state index >= 15 is 0 Å². The highest BCUT2D eigenvalue weighted by atomic mass is 32.1. The smallest absolute Gasteiger partial charge is 0.420 e. The fraction of sp³-hybridized carbons (Fsp3) is 0.476. The van der Waals surface area contributed by atoms with Crippen LogP contribution in [-0.4, -0.2) is 49.6 Å². The molecule has 7 nitrogen and oxygen atoms in total. The monoisotopic (exact) mass is 473 g/mol. The number of alkyl halides is 3. The molecule has 0 aliphatic rings. The summed E-state index contributed by atoms with van der Waals surface area (Å²) in [5.41, 5.74) is -0.608. The van der Waals surface area contributed by atoms with Crippen LogP contribution in [0.4, 0.5) is 24.0 Å². The standard InChI is InChI=1S/C21H26F3N3O4S/c1-5-6-7-10-31-17-9-8-15(11-16(17)21(22,23)24)27(18(28)19(29)30-4)20-25-14(13-32-20)12-26(2)3/h8-9,11,13H,5-7,10,12H2,1-4H3. The van der Waals surface area contributed by atoms with E-state index in [1.807, 2.05) is 25.9 Å². The van der Waals surface area contributed by atoms with Gasteiger partial charge in [-0.25, -0.2) is 14.7 Å². The SMILES string of the molecule is CCCCCOc1ccc(N(C(=O)C(=O)OC)c2nc(CN(C)C)cs2)cc1C(F)(F)F. The molecule has 0 aliphatic carbocycles. The Balaban J connectivity index is 2.49. The number of halogens is 3. The summed E-state index contributed by atoms with van der Waals surface area (Å²) in [7, 11) is 4.67. The largest absolute Gasteiger partial charge is 0.493 e. The third-order valence-corrected chi connectivity index (χ3v) is 5.18. The molecule has 0 aliphatic heterocycles. The Morgan fingerprint density at radius 3 is 2.50 bits per heavy atom. The molecule has 1 heterocycles. The maximum atomic E-state index is 13.7. The molecule has 1 aromatic heterocycles. The minimum Gasteiger partial charge on any atom is -0.493 e. The van der Waals surface area contributed by atoms with Crippen LogP contribution in [0.5, 0.6) is 5.75 Å². The first kappa shape index (κ1) is 25.6. The summed E-state index contributed by atoms with van der Waals surface area (Å²) in [6, 6.07) is 3.22. The van der Waals surface area contributed by atoms with E-state index in [2.05, 4.69) is 9.72 Å². The number of ether oxygens (including phenoxy) is 2. The van der Waals surface area contributed by atoms with Crippen LogP contribution in [0.2, 0.25) is 0 Å². The summed E-state index contributed by atoms with van der Waals surface area (Å²) in [6.45, 7) is 2.57. The Bertz CT molecular complexity index is 931. The molecule has 176 valence electrons. The lowest BCUT2D eigenvalue weighted by Crippen LogP contribution is -2.34. The number of rotatable bonds is 9. The average Bonchev–Trinajstić information content (AvgIpc) is 3.17. The highest BCUT2D eigenvalue weighted by Crippen LogP contribution is 2.40. The lowest BCUT2D eigenvalue weighted by molar-refractivity contribution is -0.151. The molecule has 2 aromatic rings. The second kappa shape index (κ2) is 11.3. The first-order valence-electron chi connectivity index (χ1n) is 9.94. The molecular weight excluding hydrogens is 447 g/mol. The van der Waals surface area contributed by atoms with E-state index in [1.165, 1.54) is 6.07 Å². The number of nitrogens with zero attached hydrogens (tertiary/aromatic N) is 3. The van der Waals surface area contributed by atoms with E-state index in [4.69, 9.17) is 4.74 Å². The summed E-state index contributed by atoms with van der Waals surface area (Å²) < 4.78 is 51.1. The summed E-state index contributed by atoms with van der Waals surface area (Å²) in [5.74, 6) is -2.71. The van der Waals surface area contributed by atoms with Crippen molar-refractivity contribution in [2.45, 2.75) is 38.9 Å². The van der Waals surface area contributed by atoms with Crippen molar-refractivity contribution in [2.75, 3.05) is 32.7 Å². The molecule has 0 saturated heterocycles. The average molecular weight is 474 g/mol. The third-order valence-electron chi connectivity index (χ3n) is 4.30. The fourth-order valence-electron chi connectivity index (χ4n) is 2.83. The van der Waals surface area contributed by atoms with E-state index in [-0.39, 0.29) is 23.2 Å². The van der Waals surface area contributed by atoms with Crippen molar-refractivity contribution in [3.63, 3.8) is 0 Å². The van der Waals surface area contributed by atoms with Crippen molar-refractivity contribution in [3.05, 3.63) is 34.8 Å². The number of carbonyl (C=O) groups is 2. The van der Waals surface area contributed by atoms with Gasteiger partial charge < -0.3 is 14.4 Å². The zero-order valence-electron chi connectivity index (χ0n) is 18.4. The number of methoxy groups -OCH3 is 1. The number of unbranched alkanes of at least 4 members (excludes halogenated alkanes) is 2. The molecule has 0 unspecified atom stereocenters. The fourth-order valence-corrected chi connectivity index (χ4v) is 3.66. The van der Waals surface area contributed by atoms with Gasteiger partial charge in [0, 0.05) is 11.9 Å². The van der Waals surface area contributed by atoms with Crippen molar-refractivity contribution in [2.24, 2.45) is 0 Å². The van der Waals surface area contributed by atoms with Gasteiger partial charge in [0.2, 0.25) is 0 Å². The Hall–Kier alpha value is -2.66. The molecule has 0 N–H and O–H groups in total.